The Hall–Kier alpha value is -2.08. The van der Waals surface area contributed by atoms with Crippen molar-refractivity contribution in [2.24, 2.45) is 0 Å². The van der Waals surface area contributed by atoms with Crippen molar-refractivity contribution in [2.45, 2.75) is 6.92 Å². The van der Waals surface area contributed by atoms with Gasteiger partial charge in [-0.2, -0.15) is 0 Å². The molecule has 0 aliphatic heterocycles. The lowest BCUT2D eigenvalue weighted by Gasteiger charge is -2.05. The maximum atomic E-state index is 11.7. The van der Waals surface area contributed by atoms with Gasteiger partial charge in [-0.3, -0.25) is 0 Å². The highest BCUT2D eigenvalue weighted by Gasteiger charge is 2.19. The van der Waals surface area contributed by atoms with Gasteiger partial charge in [0.2, 0.25) is 0 Å². The van der Waals surface area contributed by atoms with E-state index in [-0.39, 0.29) is 5.69 Å². The summed E-state index contributed by atoms with van der Waals surface area (Å²) in [4.78, 5) is 16.4. The smallest absolute Gasteiger partial charge is 0.358 e. The summed E-state index contributed by atoms with van der Waals surface area (Å²) in [5.41, 5.74) is 6.74. The summed E-state index contributed by atoms with van der Waals surface area (Å²) in [6, 6.07) is 7.44. The minimum atomic E-state index is -0.496. The van der Waals surface area contributed by atoms with Crippen LogP contribution in [0.4, 0.5) is 5.13 Å². The van der Waals surface area contributed by atoms with E-state index in [0.29, 0.717) is 16.6 Å². The molecular weight excluding hydrogens is 264 g/mol. The second-order valence-electron chi connectivity index (χ2n) is 3.68. The van der Waals surface area contributed by atoms with Crippen LogP contribution in [0.3, 0.4) is 0 Å². The predicted octanol–water partition coefficient (Wildman–Crippen LogP) is 2.58. The van der Waals surface area contributed by atoms with Crippen molar-refractivity contribution in [3.05, 3.63) is 30.0 Å². The van der Waals surface area contributed by atoms with Gasteiger partial charge in [0, 0.05) is 0 Å². The van der Waals surface area contributed by atoms with E-state index >= 15 is 0 Å². The molecule has 0 spiro atoms. The van der Waals surface area contributed by atoms with E-state index in [0.717, 1.165) is 11.3 Å². The summed E-state index contributed by atoms with van der Waals surface area (Å²) < 4.78 is 10.1. The average Bonchev–Trinajstić information content (AvgIpc) is 2.81. The molecular formula is C13H14N2O3S. The van der Waals surface area contributed by atoms with E-state index in [4.69, 9.17) is 15.2 Å². The van der Waals surface area contributed by atoms with Crippen molar-refractivity contribution < 1.29 is 14.3 Å². The van der Waals surface area contributed by atoms with Gasteiger partial charge < -0.3 is 15.2 Å². The monoisotopic (exact) mass is 278 g/mol. The van der Waals surface area contributed by atoms with E-state index in [1.54, 1.807) is 0 Å². The van der Waals surface area contributed by atoms with Gasteiger partial charge >= 0.3 is 5.97 Å². The quantitative estimate of drug-likeness (QED) is 0.870. The Morgan fingerprint density at radius 1 is 1.47 bits per heavy atom. The molecule has 2 aromatic rings. The van der Waals surface area contributed by atoms with Gasteiger partial charge in [0.05, 0.1) is 18.6 Å². The third-order valence-electron chi connectivity index (χ3n) is 2.43. The first-order valence-corrected chi connectivity index (χ1v) is 6.55. The van der Waals surface area contributed by atoms with Crippen molar-refractivity contribution >= 4 is 22.4 Å². The highest BCUT2D eigenvalue weighted by Crippen LogP contribution is 2.33. The fourth-order valence-electron chi connectivity index (χ4n) is 1.66. The van der Waals surface area contributed by atoms with Crippen molar-refractivity contribution in [3.8, 4) is 16.2 Å². The molecule has 6 heteroatoms. The second-order valence-corrected chi connectivity index (χ2v) is 4.71. The molecule has 0 aliphatic carbocycles. The molecule has 5 nitrogen and oxygen atoms in total. The first kappa shape index (κ1) is 13.4. The molecule has 0 bridgehead atoms. The zero-order chi connectivity index (χ0) is 13.8. The number of carbonyl (C=O) groups is 1. The van der Waals surface area contributed by atoms with Crippen LogP contribution >= 0.6 is 11.3 Å². The Morgan fingerprint density at radius 2 is 2.26 bits per heavy atom. The number of benzene rings is 1. The number of nitrogen functional groups attached to an aromatic ring is 1. The molecule has 0 unspecified atom stereocenters. The zero-order valence-corrected chi connectivity index (χ0v) is 11.5. The van der Waals surface area contributed by atoms with E-state index in [2.05, 4.69) is 4.98 Å². The zero-order valence-electron chi connectivity index (χ0n) is 10.7. The molecule has 2 rings (SSSR count). The predicted molar refractivity (Wildman–Crippen MR) is 74.5 cm³/mol. The van der Waals surface area contributed by atoms with Crippen LogP contribution in [0.15, 0.2) is 24.3 Å². The Bertz CT molecular complexity index is 595. The number of thiazole rings is 1. The van der Waals surface area contributed by atoms with Crippen molar-refractivity contribution in [1.82, 2.24) is 4.98 Å². The van der Waals surface area contributed by atoms with Crippen LogP contribution in [0.2, 0.25) is 0 Å². The summed E-state index contributed by atoms with van der Waals surface area (Å²) in [7, 11) is 1.32. The highest BCUT2D eigenvalue weighted by atomic mass is 32.1. The molecule has 0 saturated carbocycles. The molecule has 0 saturated heterocycles. The largest absolute Gasteiger partial charge is 0.494 e. The van der Waals surface area contributed by atoms with Crippen LogP contribution in [-0.4, -0.2) is 24.7 Å². The highest BCUT2D eigenvalue weighted by molar-refractivity contribution is 7.19. The van der Waals surface area contributed by atoms with E-state index in [9.17, 15) is 4.79 Å². The lowest BCUT2D eigenvalue weighted by atomic mass is 10.1. The molecule has 0 amide bonds. The van der Waals surface area contributed by atoms with Gasteiger partial charge in [-0.1, -0.05) is 23.5 Å². The summed E-state index contributed by atoms with van der Waals surface area (Å²) in [6.07, 6.45) is 0. The Morgan fingerprint density at radius 3 is 2.95 bits per heavy atom. The third kappa shape index (κ3) is 2.85. The molecule has 1 heterocycles. The van der Waals surface area contributed by atoms with Crippen LogP contribution in [0.25, 0.3) is 10.4 Å². The molecule has 1 aromatic carbocycles. The van der Waals surface area contributed by atoms with Crippen LogP contribution in [-0.2, 0) is 4.74 Å². The molecule has 1 aromatic heterocycles. The number of hydrogen-bond donors (Lipinski definition) is 1. The minimum Gasteiger partial charge on any atom is -0.494 e. The number of esters is 1. The van der Waals surface area contributed by atoms with Gasteiger partial charge in [-0.05, 0) is 24.6 Å². The Labute approximate surface area is 115 Å². The standard InChI is InChI=1S/C13H14N2O3S/c1-3-18-9-6-4-5-8(7-9)11-10(12(16)17-2)15-13(14)19-11/h4-7H,3H2,1-2H3,(H2,14,15). The van der Waals surface area contributed by atoms with Gasteiger partial charge in [0.25, 0.3) is 0 Å². The Balaban J connectivity index is 2.46. The number of ether oxygens (including phenoxy) is 2. The molecule has 2 N–H and O–H groups in total. The minimum absolute atomic E-state index is 0.235. The third-order valence-corrected chi connectivity index (χ3v) is 3.36. The van der Waals surface area contributed by atoms with E-state index in [1.165, 1.54) is 18.4 Å². The van der Waals surface area contributed by atoms with E-state index in [1.807, 2.05) is 31.2 Å². The van der Waals surface area contributed by atoms with Gasteiger partial charge in [0.1, 0.15) is 5.75 Å². The summed E-state index contributed by atoms with van der Waals surface area (Å²) in [5, 5.41) is 0.331. The van der Waals surface area contributed by atoms with Crippen molar-refractivity contribution in [1.29, 1.82) is 0 Å². The number of nitrogens with zero attached hydrogens (tertiary/aromatic N) is 1. The molecule has 19 heavy (non-hydrogen) atoms. The topological polar surface area (TPSA) is 74.4 Å². The van der Waals surface area contributed by atoms with E-state index < -0.39 is 5.97 Å². The van der Waals surface area contributed by atoms with Crippen LogP contribution < -0.4 is 10.5 Å². The first-order chi connectivity index (χ1) is 9.15. The summed E-state index contributed by atoms with van der Waals surface area (Å²) in [6.45, 7) is 2.50. The molecule has 0 aliphatic rings. The van der Waals surface area contributed by atoms with Crippen LogP contribution in [0.1, 0.15) is 17.4 Å². The maximum Gasteiger partial charge on any atom is 0.358 e. The molecule has 0 fully saturated rings. The van der Waals surface area contributed by atoms with Crippen molar-refractivity contribution in [2.75, 3.05) is 19.5 Å². The van der Waals surface area contributed by atoms with Gasteiger partial charge in [-0.25, -0.2) is 9.78 Å². The molecule has 0 atom stereocenters. The lowest BCUT2D eigenvalue weighted by Crippen LogP contribution is -2.03. The number of carbonyl (C=O) groups excluding carboxylic acids is 1. The Kier molecular flexibility index (Phi) is 4.01. The average molecular weight is 278 g/mol. The molecule has 100 valence electrons. The maximum absolute atomic E-state index is 11.7. The fraction of sp³-hybridized carbons (Fsp3) is 0.231. The first-order valence-electron chi connectivity index (χ1n) is 5.73. The van der Waals surface area contributed by atoms with Gasteiger partial charge in [0.15, 0.2) is 10.8 Å². The van der Waals surface area contributed by atoms with Crippen LogP contribution in [0, 0.1) is 0 Å². The van der Waals surface area contributed by atoms with Gasteiger partial charge in [-0.15, -0.1) is 0 Å². The molecule has 0 radical (unpaired) electrons. The van der Waals surface area contributed by atoms with Crippen molar-refractivity contribution in [3.63, 3.8) is 0 Å². The number of methoxy groups -OCH3 is 1. The number of rotatable bonds is 4. The number of aromatic nitrogens is 1. The summed E-state index contributed by atoms with van der Waals surface area (Å²) >= 11 is 1.25. The number of anilines is 1. The number of nitrogens with two attached hydrogens (primary N) is 1. The normalized spacial score (nSPS) is 10.2. The summed E-state index contributed by atoms with van der Waals surface area (Å²) in [5.74, 6) is 0.243. The van der Waals surface area contributed by atoms with Crippen LogP contribution in [0.5, 0.6) is 5.75 Å². The number of hydrogen-bond acceptors (Lipinski definition) is 6. The second kappa shape index (κ2) is 5.71. The lowest BCUT2D eigenvalue weighted by molar-refractivity contribution is 0.0596. The SMILES string of the molecule is CCOc1cccc(-c2sc(N)nc2C(=O)OC)c1. The fourth-order valence-corrected chi connectivity index (χ4v) is 2.48.